The van der Waals surface area contributed by atoms with Crippen LogP contribution in [0.1, 0.15) is 18.1 Å². The topological polar surface area (TPSA) is 0 Å². The van der Waals surface area contributed by atoms with Crippen molar-refractivity contribution in [1.82, 2.24) is 0 Å². The maximum absolute atomic E-state index is 2.36. The molecule has 0 aromatic heterocycles. The largest absolute Gasteiger partial charge is 0.0613 e. The molecule has 0 N–H and O–H groups in total. The predicted octanol–water partition coefficient (Wildman–Crippen LogP) is 5.45. The number of rotatable bonds is 1. The fourth-order valence-corrected chi connectivity index (χ4v) is 3.38. The lowest BCUT2D eigenvalue weighted by molar-refractivity contribution is 1.12. The molecule has 0 heterocycles. The normalized spacial score (nSPS) is 11.9. The van der Waals surface area contributed by atoms with Crippen molar-refractivity contribution in [3.8, 4) is 0 Å². The second-order valence-electron chi connectivity index (χ2n) is 5.37. The summed E-state index contributed by atoms with van der Waals surface area (Å²) < 4.78 is 0. The first-order valence-corrected chi connectivity index (χ1v) is 6.95. The van der Waals surface area contributed by atoms with Crippen LogP contribution in [-0.2, 0) is 6.42 Å². The maximum Gasteiger partial charge on any atom is -0.00239 e. The first-order valence-electron chi connectivity index (χ1n) is 6.95. The second-order valence-corrected chi connectivity index (χ2v) is 5.37. The van der Waals surface area contributed by atoms with E-state index in [0.29, 0.717) is 0 Å². The molecular formula is C19H16. The van der Waals surface area contributed by atoms with Gasteiger partial charge in [0, 0.05) is 0 Å². The third-order valence-corrected chi connectivity index (χ3v) is 4.41. The Morgan fingerprint density at radius 2 is 1.47 bits per heavy atom. The summed E-state index contributed by atoms with van der Waals surface area (Å²) in [6, 6.07) is 18.0. The third-order valence-electron chi connectivity index (χ3n) is 4.41. The molecule has 4 aromatic carbocycles. The van der Waals surface area contributed by atoms with Gasteiger partial charge in [0.2, 0.25) is 0 Å². The Bertz CT molecular complexity index is 884. The van der Waals surface area contributed by atoms with Crippen molar-refractivity contribution in [2.45, 2.75) is 20.3 Å². The summed E-state index contributed by atoms with van der Waals surface area (Å²) in [6.45, 7) is 4.49. The van der Waals surface area contributed by atoms with Crippen LogP contribution in [0.5, 0.6) is 0 Å². The SMILES string of the molecule is CCc1cc2ccc3cccc4ccc(c1C)c2c34. The van der Waals surface area contributed by atoms with E-state index in [0.717, 1.165) is 6.42 Å². The highest BCUT2D eigenvalue weighted by Crippen LogP contribution is 2.37. The van der Waals surface area contributed by atoms with E-state index in [2.05, 4.69) is 62.4 Å². The fraction of sp³-hybridized carbons (Fsp3) is 0.158. The van der Waals surface area contributed by atoms with E-state index in [1.54, 1.807) is 0 Å². The van der Waals surface area contributed by atoms with Gasteiger partial charge in [-0.25, -0.2) is 0 Å². The van der Waals surface area contributed by atoms with Crippen molar-refractivity contribution in [2.24, 2.45) is 0 Å². The van der Waals surface area contributed by atoms with Gasteiger partial charge in [0.15, 0.2) is 0 Å². The Hall–Kier alpha value is -2.08. The van der Waals surface area contributed by atoms with Gasteiger partial charge in [-0.05, 0) is 56.8 Å². The Kier molecular flexibility index (Phi) is 2.11. The highest BCUT2D eigenvalue weighted by molar-refractivity contribution is 6.23. The minimum Gasteiger partial charge on any atom is -0.0613 e. The summed E-state index contributed by atoms with van der Waals surface area (Å²) in [4.78, 5) is 0. The lowest BCUT2D eigenvalue weighted by Crippen LogP contribution is -1.91. The molecule has 0 saturated carbocycles. The van der Waals surface area contributed by atoms with E-state index in [1.807, 2.05) is 0 Å². The molecule has 0 unspecified atom stereocenters. The third kappa shape index (κ3) is 1.34. The first kappa shape index (κ1) is 10.8. The van der Waals surface area contributed by atoms with Crippen molar-refractivity contribution in [2.75, 3.05) is 0 Å². The lowest BCUT2D eigenvalue weighted by atomic mass is 9.89. The van der Waals surface area contributed by atoms with E-state index < -0.39 is 0 Å². The molecule has 0 saturated heterocycles. The first-order chi connectivity index (χ1) is 9.29. The summed E-state index contributed by atoms with van der Waals surface area (Å²) in [5.74, 6) is 0. The Morgan fingerprint density at radius 1 is 0.789 bits per heavy atom. The van der Waals surface area contributed by atoms with E-state index in [9.17, 15) is 0 Å². The fourth-order valence-electron chi connectivity index (χ4n) is 3.38. The molecule has 0 atom stereocenters. The van der Waals surface area contributed by atoms with Crippen molar-refractivity contribution < 1.29 is 0 Å². The van der Waals surface area contributed by atoms with Crippen LogP contribution in [0.25, 0.3) is 32.3 Å². The highest BCUT2D eigenvalue weighted by atomic mass is 14.1. The summed E-state index contributed by atoms with van der Waals surface area (Å²) >= 11 is 0. The Labute approximate surface area is 113 Å². The van der Waals surface area contributed by atoms with Gasteiger partial charge in [-0.1, -0.05) is 55.5 Å². The molecule has 0 nitrogen and oxygen atoms in total. The van der Waals surface area contributed by atoms with Crippen molar-refractivity contribution >= 4 is 32.3 Å². The molecule has 0 aliphatic carbocycles. The van der Waals surface area contributed by atoms with Crippen LogP contribution in [0.15, 0.2) is 48.5 Å². The van der Waals surface area contributed by atoms with Crippen LogP contribution in [-0.4, -0.2) is 0 Å². The zero-order valence-corrected chi connectivity index (χ0v) is 11.3. The number of aryl methyl sites for hydroxylation is 2. The standard InChI is InChI=1S/C19H16/c1-3-13-11-16-8-7-14-5-4-6-15-9-10-17(12(13)2)19(16)18(14)15/h4-11H,3H2,1-2H3. The Balaban J connectivity index is 2.37. The molecule has 92 valence electrons. The molecular weight excluding hydrogens is 228 g/mol. The maximum atomic E-state index is 2.36. The van der Waals surface area contributed by atoms with Crippen LogP contribution in [0, 0.1) is 6.92 Å². The van der Waals surface area contributed by atoms with Gasteiger partial charge in [-0.15, -0.1) is 0 Å². The van der Waals surface area contributed by atoms with Crippen molar-refractivity contribution in [3.05, 3.63) is 59.7 Å². The van der Waals surface area contributed by atoms with Crippen LogP contribution in [0.3, 0.4) is 0 Å². The molecule has 0 radical (unpaired) electrons. The molecule has 0 amide bonds. The quantitative estimate of drug-likeness (QED) is 0.390. The van der Waals surface area contributed by atoms with Crippen LogP contribution >= 0.6 is 0 Å². The van der Waals surface area contributed by atoms with E-state index >= 15 is 0 Å². The molecule has 0 aliphatic heterocycles. The van der Waals surface area contributed by atoms with Gasteiger partial charge in [0.05, 0.1) is 0 Å². The van der Waals surface area contributed by atoms with Gasteiger partial charge in [-0.3, -0.25) is 0 Å². The summed E-state index contributed by atoms with van der Waals surface area (Å²) in [6.07, 6.45) is 1.10. The van der Waals surface area contributed by atoms with Crippen LogP contribution in [0.2, 0.25) is 0 Å². The van der Waals surface area contributed by atoms with Crippen LogP contribution < -0.4 is 0 Å². The Morgan fingerprint density at radius 3 is 2.21 bits per heavy atom. The smallest absolute Gasteiger partial charge is 0.00239 e. The van der Waals surface area contributed by atoms with Crippen molar-refractivity contribution in [1.29, 1.82) is 0 Å². The molecule has 19 heavy (non-hydrogen) atoms. The minimum atomic E-state index is 1.10. The monoisotopic (exact) mass is 244 g/mol. The number of hydrogen-bond acceptors (Lipinski definition) is 0. The number of hydrogen-bond donors (Lipinski definition) is 0. The molecule has 0 fully saturated rings. The molecule has 0 spiro atoms. The van der Waals surface area contributed by atoms with Crippen LogP contribution in [0.4, 0.5) is 0 Å². The van der Waals surface area contributed by atoms with Gasteiger partial charge in [0.1, 0.15) is 0 Å². The summed E-state index contributed by atoms with van der Waals surface area (Å²) in [7, 11) is 0. The van der Waals surface area contributed by atoms with E-state index in [4.69, 9.17) is 0 Å². The molecule has 4 rings (SSSR count). The van der Waals surface area contributed by atoms with Gasteiger partial charge >= 0.3 is 0 Å². The second kappa shape index (κ2) is 3.71. The van der Waals surface area contributed by atoms with Crippen molar-refractivity contribution in [3.63, 3.8) is 0 Å². The van der Waals surface area contributed by atoms with Gasteiger partial charge < -0.3 is 0 Å². The molecule has 4 aromatic rings. The zero-order chi connectivity index (χ0) is 13.0. The highest BCUT2D eigenvalue weighted by Gasteiger charge is 2.11. The van der Waals surface area contributed by atoms with Gasteiger partial charge in [0.25, 0.3) is 0 Å². The summed E-state index contributed by atoms with van der Waals surface area (Å²) in [5.41, 5.74) is 2.90. The van der Waals surface area contributed by atoms with Gasteiger partial charge in [-0.2, -0.15) is 0 Å². The van der Waals surface area contributed by atoms with E-state index in [-0.39, 0.29) is 0 Å². The molecule has 0 bridgehead atoms. The predicted molar refractivity (Wildman–Crippen MR) is 84.3 cm³/mol. The zero-order valence-electron chi connectivity index (χ0n) is 11.3. The summed E-state index contributed by atoms with van der Waals surface area (Å²) in [5, 5.41) is 8.34. The number of benzene rings is 4. The molecule has 0 aliphatic rings. The average molecular weight is 244 g/mol. The van der Waals surface area contributed by atoms with E-state index in [1.165, 1.54) is 43.4 Å². The lowest BCUT2D eigenvalue weighted by Gasteiger charge is -2.15. The molecule has 0 heteroatoms. The minimum absolute atomic E-state index is 1.10. The average Bonchev–Trinajstić information content (AvgIpc) is 2.46.